The number of rotatable bonds is 2. The quantitative estimate of drug-likeness (QED) is 0.604. The molecule has 1 aromatic heterocycles. The van der Waals surface area contributed by atoms with Gasteiger partial charge in [0.25, 0.3) is 0 Å². The average molecular weight is 127 g/mol. The predicted molar refractivity (Wildman–Crippen MR) is 33.9 cm³/mol. The first-order chi connectivity index (χ1) is 4.33. The maximum absolute atomic E-state index is 8.43. The van der Waals surface area contributed by atoms with Crippen LogP contribution in [0.25, 0.3) is 0 Å². The lowest BCUT2D eigenvalue weighted by atomic mass is 10.3. The van der Waals surface area contributed by atoms with Crippen LogP contribution in [0.5, 0.6) is 0 Å². The fraction of sp³-hybridized carbons (Fsp3) is 0.333. The smallest absolute Gasteiger partial charge is 0.114 e. The highest BCUT2D eigenvalue weighted by Crippen LogP contribution is 2.08. The van der Waals surface area contributed by atoms with Crippen molar-refractivity contribution in [2.24, 2.45) is 0 Å². The summed E-state index contributed by atoms with van der Waals surface area (Å²) in [5, 5.41) is 8.43. The molecular formula is C6H9NO2. The zero-order valence-corrected chi connectivity index (χ0v) is 5.00. The maximum Gasteiger partial charge on any atom is 0.114 e. The zero-order valence-electron chi connectivity index (χ0n) is 5.00. The van der Waals surface area contributed by atoms with Crippen molar-refractivity contribution in [2.75, 3.05) is 12.3 Å². The van der Waals surface area contributed by atoms with Crippen molar-refractivity contribution in [1.29, 1.82) is 0 Å². The van der Waals surface area contributed by atoms with Crippen molar-refractivity contribution in [3.05, 3.63) is 18.1 Å². The lowest BCUT2D eigenvalue weighted by Crippen LogP contribution is -1.86. The third kappa shape index (κ3) is 1.47. The first-order valence-electron chi connectivity index (χ1n) is 2.76. The molecule has 1 rings (SSSR count). The minimum absolute atomic E-state index is 0.104. The van der Waals surface area contributed by atoms with Gasteiger partial charge in [0.05, 0.1) is 12.3 Å². The van der Waals surface area contributed by atoms with Gasteiger partial charge in [-0.05, 0) is 0 Å². The summed E-state index contributed by atoms with van der Waals surface area (Å²) >= 11 is 0. The van der Waals surface area contributed by atoms with Crippen molar-refractivity contribution >= 4 is 5.69 Å². The van der Waals surface area contributed by atoms with Crippen molar-refractivity contribution in [3.8, 4) is 0 Å². The highest BCUT2D eigenvalue weighted by Gasteiger charge is 1.95. The normalized spacial score (nSPS) is 9.89. The molecule has 0 aliphatic rings. The average Bonchev–Trinajstić information content (AvgIpc) is 2.17. The molecule has 0 aromatic carbocycles. The largest absolute Gasteiger partial charge is 0.467 e. The molecule has 1 aromatic rings. The van der Waals surface area contributed by atoms with E-state index in [1.54, 1.807) is 6.07 Å². The Hall–Kier alpha value is -0.960. The van der Waals surface area contributed by atoms with Gasteiger partial charge in [0, 0.05) is 12.5 Å². The first-order valence-corrected chi connectivity index (χ1v) is 2.76. The van der Waals surface area contributed by atoms with Crippen LogP contribution in [0.3, 0.4) is 0 Å². The summed E-state index contributed by atoms with van der Waals surface area (Å²) in [6.45, 7) is 0.104. The topological polar surface area (TPSA) is 59.4 Å². The van der Waals surface area contributed by atoms with Crippen molar-refractivity contribution < 1.29 is 9.52 Å². The molecule has 50 valence electrons. The first kappa shape index (κ1) is 6.16. The van der Waals surface area contributed by atoms with Crippen LogP contribution in [0.15, 0.2) is 16.7 Å². The van der Waals surface area contributed by atoms with Crippen LogP contribution in [0, 0.1) is 0 Å². The zero-order chi connectivity index (χ0) is 6.69. The molecule has 0 saturated heterocycles. The van der Waals surface area contributed by atoms with Crippen LogP contribution in [-0.4, -0.2) is 11.7 Å². The molecule has 3 N–H and O–H groups in total. The molecule has 0 unspecified atom stereocenters. The minimum atomic E-state index is 0.104. The number of aliphatic hydroxyl groups excluding tert-OH is 1. The monoisotopic (exact) mass is 127 g/mol. The number of hydrogen-bond acceptors (Lipinski definition) is 3. The van der Waals surface area contributed by atoms with Gasteiger partial charge in [-0.1, -0.05) is 0 Å². The van der Waals surface area contributed by atoms with Crippen LogP contribution >= 0.6 is 0 Å². The van der Waals surface area contributed by atoms with E-state index in [9.17, 15) is 0 Å². The van der Waals surface area contributed by atoms with E-state index in [0.717, 1.165) is 5.76 Å². The van der Waals surface area contributed by atoms with Gasteiger partial charge in [-0.25, -0.2) is 0 Å². The molecule has 0 radical (unpaired) electrons. The summed E-state index contributed by atoms with van der Waals surface area (Å²) in [5.74, 6) is 0.731. The highest BCUT2D eigenvalue weighted by molar-refractivity contribution is 5.34. The van der Waals surface area contributed by atoms with E-state index in [4.69, 9.17) is 15.3 Å². The van der Waals surface area contributed by atoms with Crippen molar-refractivity contribution in [1.82, 2.24) is 0 Å². The Bertz CT molecular complexity index is 183. The molecule has 0 atom stereocenters. The summed E-state index contributed by atoms with van der Waals surface area (Å²) < 4.78 is 4.92. The van der Waals surface area contributed by atoms with Gasteiger partial charge in [-0.3, -0.25) is 0 Å². The molecule has 3 nitrogen and oxygen atoms in total. The molecule has 9 heavy (non-hydrogen) atoms. The van der Waals surface area contributed by atoms with Gasteiger partial charge < -0.3 is 15.3 Å². The van der Waals surface area contributed by atoms with Gasteiger partial charge in [0.1, 0.15) is 12.0 Å². The van der Waals surface area contributed by atoms with E-state index < -0.39 is 0 Å². The van der Waals surface area contributed by atoms with Crippen molar-refractivity contribution in [3.63, 3.8) is 0 Å². The Labute approximate surface area is 53.1 Å². The third-order valence-corrected chi connectivity index (χ3v) is 1.03. The van der Waals surface area contributed by atoms with E-state index >= 15 is 0 Å². The van der Waals surface area contributed by atoms with Gasteiger partial charge >= 0.3 is 0 Å². The Morgan fingerprint density at radius 2 is 2.44 bits per heavy atom. The number of anilines is 1. The van der Waals surface area contributed by atoms with Gasteiger partial charge in [0.15, 0.2) is 0 Å². The van der Waals surface area contributed by atoms with E-state index in [-0.39, 0.29) is 6.61 Å². The fourth-order valence-corrected chi connectivity index (χ4v) is 0.639. The second-order valence-corrected chi connectivity index (χ2v) is 1.82. The van der Waals surface area contributed by atoms with E-state index in [1.807, 2.05) is 0 Å². The standard InChI is InChI=1S/C6H9NO2/c7-5-3-6(1-2-8)9-4-5/h3-4,8H,1-2,7H2. The van der Waals surface area contributed by atoms with E-state index in [0.29, 0.717) is 12.1 Å². The number of nitrogen functional groups attached to an aromatic ring is 1. The molecule has 3 heteroatoms. The molecule has 0 bridgehead atoms. The second-order valence-electron chi connectivity index (χ2n) is 1.82. The summed E-state index contributed by atoms with van der Waals surface area (Å²) in [7, 11) is 0. The molecule has 1 heterocycles. The summed E-state index contributed by atoms with van der Waals surface area (Å²) in [5.41, 5.74) is 5.94. The van der Waals surface area contributed by atoms with Gasteiger partial charge in [0.2, 0.25) is 0 Å². The van der Waals surface area contributed by atoms with E-state index in [2.05, 4.69) is 0 Å². The highest BCUT2D eigenvalue weighted by atomic mass is 16.3. The van der Waals surface area contributed by atoms with E-state index in [1.165, 1.54) is 6.26 Å². The predicted octanol–water partition coefficient (Wildman–Crippen LogP) is 0.397. The molecule has 0 aliphatic heterocycles. The van der Waals surface area contributed by atoms with Crippen LogP contribution in [0.4, 0.5) is 5.69 Å². The van der Waals surface area contributed by atoms with Gasteiger partial charge in [-0.2, -0.15) is 0 Å². The Balaban J connectivity index is 2.61. The Kier molecular flexibility index (Phi) is 1.75. The van der Waals surface area contributed by atoms with Crippen molar-refractivity contribution in [2.45, 2.75) is 6.42 Å². The summed E-state index contributed by atoms with van der Waals surface area (Å²) in [6, 6.07) is 1.70. The third-order valence-electron chi connectivity index (χ3n) is 1.03. The molecule has 0 spiro atoms. The molecule has 0 aliphatic carbocycles. The van der Waals surface area contributed by atoms with Crippen LogP contribution in [0.2, 0.25) is 0 Å². The molecule has 0 saturated carbocycles. The molecule has 0 fully saturated rings. The van der Waals surface area contributed by atoms with Crippen LogP contribution < -0.4 is 5.73 Å². The minimum Gasteiger partial charge on any atom is -0.467 e. The summed E-state index contributed by atoms with van der Waals surface area (Å²) in [4.78, 5) is 0. The Morgan fingerprint density at radius 3 is 2.89 bits per heavy atom. The van der Waals surface area contributed by atoms with Crippen LogP contribution in [0.1, 0.15) is 5.76 Å². The van der Waals surface area contributed by atoms with Gasteiger partial charge in [-0.15, -0.1) is 0 Å². The van der Waals surface area contributed by atoms with Crippen LogP contribution in [-0.2, 0) is 6.42 Å². The lowest BCUT2D eigenvalue weighted by molar-refractivity contribution is 0.288. The second kappa shape index (κ2) is 2.55. The number of nitrogens with two attached hydrogens (primary N) is 1. The molecular weight excluding hydrogens is 118 g/mol. The maximum atomic E-state index is 8.43. The number of furan rings is 1. The summed E-state index contributed by atoms with van der Waals surface area (Å²) in [6.07, 6.45) is 2.00. The SMILES string of the molecule is Nc1coc(CCO)c1. The number of hydrogen-bond donors (Lipinski definition) is 2. The fourth-order valence-electron chi connectivity index (χ4n) is 0.639. The lowest BCUT2D eigenvalue weighted by Gasteiger charge is -1.85. The number of aliphatic hydroxyl groups is 1. The Morgan fingerprint density at radius 1 is 1.67 bits per heavy atom. The molecule has 0 amide bonds.